The first kappa shape index (κ1) is 13.7. The van der Waals surface area contributed by atoms with E-state index in [2.05, 4.69) is 26.5 Å². The van der Waals surface area contributed by atoms with Gasteiger partial charge in [0.2, 0.25) is 5.88 Å². The van der Waals surface area contributed by atoms with E-state index >= 15 is 0 Å². The van der Waals surface area contributed by atoms with E-state index in [4.69, 9.17) is 9.47 Å². The Morgan fingerprint density at radius 2 is 2.04 bits per heavy atom. The van der Waals surface area contributed by atoms with Gasteiger partial charge in [-0.3, -0.25) is 0 Å². The zero-order chi connectivity index (χ0) is 15.2. The van der Waals surface area contributed by atoms with Crippen LogP contribution in [0.3, 0.4) is 0 Å². The van der Waals surface area contributed by atoms with Crippen molar-refractivity contribution in [2.75, 3.05) is 19.8 Å². The van der Waals surface area contributed by atoms with E-state index in [-0.39, 0.29) is 6.10 Å². The number of nitrogens with zero attached hydrogens (tertiary/aromatic N) is 2. The molecule has 122 valence electrons. The molecule has 0 spiro atoms. The molecule has 1 saturated carbocycles. The Balaban J connectivity index is 1.48. The van der Waals surface area contributed by atoms with Gasteiger partial charge >= 0.3 is 0 Å². The van der Waals surface area contributed by atoms with Gasteiger partial charge in [-0.05, 0) is 37.2 Å². The zero-order valence-electron chi connectivity index (χ0n) is 13.1. The third-order valence-corrected chi connectivity index (χ3v) is 5.70. The van der Waals surface area contributed by atoms with Crippen LogP contribution in [0.4, 0.5) is 0 Å². The highest BCUT2D eigenvalue weighted by molar-refractivity contribution is 5.85. The molecular weight excluding hydrogens is 292 g/mol. The number of rotatable bonds is 3. The minimum absolute atomic E-state index is 0.232. The summed E-state index contributed by atoms with van der Waals surface area (Å²) in [6.45, 7) is 2.59. The summed E-state index contributed by atoms with van der Waals surface area (Å²) >= 11 is 0. The molecule has 4 aliphatic rings. The van der Waals surface area contributed by atoms with Crippen LogP contribution < -0.4 is 10.1 Å². The maximum atomic E-state index is 6.34. The van der Waals surface area contributed by atoms with Gasteiger partial charge < -0.3 is 19.8 Å². The molecule has 6 nitrogen and oxygen atoms in total. The Labute approximate surface area is 135 Å². The van der Waals surface area contributed by atoms with Crippen molar-refractivity contribution in [2.24, 2.45) is 5.92 Å². The Kier molecular flexibility index (Phi) is 3.26. The topological polar surface area (TPSA) is 72.1 Å². The highest BCUT2D eigenvalue weighted by Gasteiger charge is 2.41. The molecule has 2 N–H and O–H groups in total. The van der Waals surface area contributed by atoms with Crippen molar-refractivity contribution in [3.05, 3.63) is 18.1 Å². The van der Waals surface area contributed by atoms with Crippen molar-refractivity contribution in [2.45, 2.75) is 43.7 Å². The van der Waals surface area contributed by atoms with Crippen LogP contribution in [0.2, 0.25) is 0 Å². The summed E-state index contributed by atoms with van der Waals surface area (Å²) in [6.07, 6.45) is 8.49. The van der Waals surface area contributed by atoms with E-state index in [0.29, 0.717) is 11.8 Å². The number of aromatic nitrogens is 3. The maximum Gasteiger partial charge on any atom is 0.226 e. The van der Waals surface area contributed by atoms with Crippen LogP contribution in [0.1, 0.15) is 37.2 Å². The second-order valence-electron chi connectivity index (χ2n) is 7.03. The lowest BCUT2D eigenvalue weighted by molar-refractivity contribution is 0.0138. The molecule has 4 fully saturated rings. The van der Waals surface area contributed by atoms with Gasteiger partial charge in [-0.2, -0.15) is 0 Å². The van der Waals surface area contributed by atoms with Gasteiger partial charge in [0.1, 0.15) is 18.1 Å². The van der Waals surface area contributed by atoms with Crippen LogP contribution in [-0.4, -0.2) is 46.9 Å². The SMILES string of the molecule is c1nc(OC2CNC3CC2C3)c2c(C3CCOCC3)c[nH]c2n1. The van der Waals surface area contributed by atoms with Gasteiger partial charge in [-0.15, -0.1) is 0 Å². The number of piperidine rings is 2. The average molecular weight is 314 g/mol. The van der Waals surface area contributed by atoms with Crippen molar-refractivity contribution in [3.63, 3.8) is 0 Å². The van der Waals surface area contributed by atoms with Gasteiger partial charge in [-0.1, -0.05) is 0 Å². The third kappa shape index (κ3) is 2.32. The molecule has 0 radical (unpaired) electrons. The second-order valence-corrected chi connectivity index (χ2v) is 7.03. The predicted molar refractivity (Wildman–Crippen MR) is 85.6 cm³/mol. The molecule has 1 unspecified atom stereocenters. The lowest BCUT2D eigenvalue weighted by Crippen LogP contribution is -2.58. The molecule has 1 aliphatic carbocycles. The monoisotopic (exact) mass is 314 g/mol. The van der Waals surface area contributed by atoms with Gasteiger partial charge in [0.25, 0.3) is 0 Å². The molecule has 2 bridgehead atoms. The van der Waals surface area contributed by atoms with Crippen molar-refractivity contribution in [3.8, 4) is 5.88 Å². The summed E-state index contributed by atoms with van der Waals surface area (Å²) < 4.78 is 11.8. The van der Waals surface area contributed by atoms with Crippen LogP contribution in [0.5, 0.6) is 5.88 Å². The van der Waals surface area contributed by atoms with Gasteiger partial charge in [0.05, 0.1) is 5.39 Å². The number of H-pyrrole nitrogens is 1. The number of aromatic amines is 1. The molecule has 2 aromatic rings. The van der Waals surface area contributed by atoms with E-state index in [1.165, 1.54) is 18.4 Å². The summed E-state index contributed by atoms with van der Waals surface area (Å²) in [4.78, 5) is 12.2. The lowest BCUT2D eigenvalue weighted by Gasteiger charge is -2.46. The fourth-order valence-electron chi connectivity index (χ4n) is 4.24. The highest BCUT2D eigenvalue weighted by atomic mass is 16.5. The van der Waals surface area contributed by atoms with Crippen LogP contribution in [-0.2, 0) is 4.74 Å². The fraction of sp³-hybridized carbons (Fsp3) is 0.647. The van der Waals surface area contributed by atoms with Crippen molar-refractivity contribution in [1.29, 1.82) is 0 Å². The summed E-state index contributed by atoms with van der Waals surface area (Å²) in [5, 5.41) is 4.62. The molecule has 6 heteroatoms. The Morgan fingerprint density at radius 3 is 2.83 bits per heavy atom. The minimum Gasteiger partial charge on any atom is -0.472 e. The van der Waals surface area contributed by atoms with E-state index in [9.17, 15) is 0 Å². The van der Waals surface area contributed by atoms with Crippen LogP contribution in [0.25, 0.3) is 11.0 Å². The van der Waals surface area contributed by atoms with Gasteiger partial charge in [0, 0.05) is 37.9 Å². The van der Waals surface area contributed by atoms with Gasteiger partial charge in [0.15, 0.2) is 0 Å². The zero-order valence-corrected chi connectivity index (χ0v) is 13.1. The Bertz CT molecular complexity index is 701. The molecule has 5 heterocycles. The second kappa shape index (κ2) is 5.46. The average Bonchev–Trinajstić information content (AvgIpc) is 3.00. The fourth-order valence-corrected chi connectivity index (χ4v) is 4.24. The molecule has 2 aromatic heterocycles. The number of nitrogens with one attached hydrogen (secondary N) is 2. The largest absolute Gasteiger partial charge is 0.472 e. The lowest BCUT2D eigenvalue weighted by atomic mass is 9.73. The summed E-state index contributed by atoms with van der Waals surface area (Å²) in [6, 6.07) is 0.718. The van der Waals surface area contributed by atoms with E-state index in [1.54, 1.807) is 6.33 Å². The van der Waals surface area contributed by atoms with E-state index in [1.807, 2.05) is 0 Å². The molecule has 0 aromatic carbocycles. The molecule has 23 heavy (non-hydrogen) atoms. The molecule has 6 rings (SSSR count). The first-order chi connectivity index (χ1) is 11.4. The summed E-state index contributed by atoms with van der Waals surface area (Å²) in [5.41, 5.74) is 2.17. The highest BCUT2D eigenvalue weighted by Crippen LogP contribution is 2.39. The van der Waals surface area contributed by atoms with E-state index < -0.39 is 0 Å². The van der Waals surface area contributed by atoms with Crippen LogP contribution in [0, 0.1) is 5.92 Å². The molecule has 3 saturated heterocycles. The normalized spacial score (nSPS) is 31.0. The molecule has 1 atom stereocenters. The number of ether oxygens (including phenoxy) is 2. The van der Waals surface area contributed by atoms with Gasteiger partial charge in [-0.25, -0.2) is 9.97 Å². The smallest absolute Gasteiger partial charge is 0.226 e. The first-order valence-corrected chi connectivity index (χ1v) is 8.68. The third-order valence-electron chi connectivity index (χ3n) is 5.70. The van der Waals surface area contributed by atoms with Crippen LogP contribution >= 0.6 is 0 Å². The van der Waals surface area contributed by atoms with Crippen molar-refractivity contribution in [1.82, 2.24) is 20.3 Å². The predicted octanol–water partition coefficient (Wildman–Crippen LogP) is 1.98. The standard InChI is InChI=1S/C17H22N4O2/c1-3-22-4-2-10(1)13-7-19-16-15(13)17(21-9-20-16)23-14-8-18-12-5-11(14)6-12/h7,9-12,14,18H,1-6,8H2,(H,19,20,21). The Hall–Kier alpha value is -1.66. The number of hydrogen-bond acceptors (Lipinski definition) is 5. The Morgan fingerprint density at radius 1 is 1.17 bits per heavy atom. The van der Waals surface area contributed by atoms with Crippen LogP contribution in [0.15, 0.2) is 12.5 Å². The number of hydrogen-bond donors (Lipinski definition) is 2. The molecular formula is C17H22N4O2. The summed E-state index contributed by atoms with van der Waals surface area (Å²) in [5.74, 6) is 1.93. The first-order valence-electron chi connectivity index (χ1n) is 8.68. The number of fused-ring (bicyclic) bond motifs is 3. The molecule has 3 aliphatic heterocycles. The summed E-state index contributed by atoms with van der Waals surface area (Å²) in [7, 11) is 0. The van der Waals surface area contributed by atoms with E-state index in [0.717, 1.165) is 55.6 Å². The minimum atomic E-state index is 0.232. The maximum absolute atomic E-state index is 6.34. The molecule has 0 amide bonds. The van der Waals surface area contributed by atoms with Crippen molar-refractivity contribution >= 4 is 11.0 Å². The van der Waals surface area contributed by atoms with Crippen molar-refractivity contribution < 1.29 is 9.47 Å². The quantitative estimate of drug-likeness (QED) is 0.906.